The highest BCUT2D eigenvalue weighted by atomic mass is 16.6. The number of nitro groups is 1. The van der Waals surface area contributed by atoms with E-state index >= 15 is 0 Å². The molecule has 1 heterocycles. The predicted molar refractivity (Wildman–Crippen MR) is 71.4 cm³/mol. The van der Waals surface area contributed by atoms with E-state index in [4.69, 9.17) is 15.1 Å². The fourth-order valence-electron chi connectivity index (χ4n) is 2.24. The van der Waals surface area contributed by atoms with Crippen LogP contribution in [0.1, 0.15) is 12.5 Å². The van der Waals surface area contributed by atoms with Crippen LogP contribution < -0.4 is 4.90 Å². The number of morpholine rings is 1. The Bertz CT molecular complexity index is 555. The van der Waals surface area contributed by atoms with E-state index < -0.39 is 4.92 Å². The fourth-order valence-corrected chi connectivity index (χ4v) is 2.24. The number of nitro benzene ring substituents is 1. The van der Waals surface area contributed by atoms with Gasteiger partial charge in [0.15, 0.2) is 0 Å². The smallest absolute Gasteiger partial charge is 0.287 e. The molecule has 0 spiro atoms. The maximum Gasteiger partial charge on any atom is 0.287 e. The standard InChI is InChI=1S/C13H15N3O4/c1-9-8-20-12(7-17)6-15(9)11-2-3-13(16(18)19)10(4-11)5-14/h2-4,9,12,17H,6-8H2,1H3. The number of rotatable bonds is 3. The monoisotopic (exact) mass is 277 g/mol. The van der Waals surface area contributed by atoms with E-state index in [0.29, 0.717) is 13.2 Å². The first-order valence-corrected chi connectivity index (χ1v) is 6.24. The highest BCUT2D eigenvalue weighted by Crippen LogP contribution is 2.27. The lowest BCUT2D eigenvalue weighted by Gasteiger charge is -2.39. The van der Waals surface area contributed by atoms with Crippen LogP contribution in [-0.2, 0) is 4.74 Å². The third-order valence-corrected chi connectivity index (χ3v) is 3.34. The van der Waals surface area contributed by atoms with Crippen molar-refractivity contribution in [2.75, 3.05) is 24.7 Å². The molecule has 2 atom stereocenters. The maximum atomic E-state index is 10.8. The topological polar surface area (TPSA) is 99.6 Å². The van der Waals surface area contributed by atoms with E-state index in [9.17, 15) is 10.1 Å². The van der Waals surface area contributed by atoms with Crippen molar-refractivity contribution in [3.8, 4) is 6.07 Å². The van der Waals surface area contributed by atoms with Crippen LogP contribution in [0.15, 0.2) is 18.2 Å². The van der Waals surface area contributed by atoms with Gasteiger partial charge in [0.1, 0.15) is 11.6 Å². The second-order valence-corrected chi connectivity index (χ2v) is 4.71. The zero-order valence-corrected chi connectivity index (χ0v) is 11.0. The normalized spacial score (nSPS) is 22.4. The van der Waals surface area contributed by atoms with Crippen molar-refractivity contribution >= 4 is 11.4 Å². The molecule has 2 rings (SSSR count). The van der Waals surface area contributed by atoms with E-state index in [1.807, 2.05) is 17.9 Å². The number of hydrogen-bond donors (Lipinski definition) is 1. The van der Waals surface area contributed by atoms with Gasteiger partial charge >= 0.3 is 0 Å². The zero-order chi connectivity index (χ0) is 14.7. The van der Waals surface area contributed by atoms with Gasteiger partial charge in [-0.3, -0.25) is 10.1 Å². The second-order valence-electron chi connectivity index (χ2n) is 4.71. The van der Waals surface area contributed by atoms with Gasteiger partial charge in [-0.15, -0.1) is 0 Å². The molecule has 1 aromatic rings. The molecule has 106 valence electrons. The summed E-state index contributed by atoms with van der Waals surface area (Å²) in [6.07, 6.45) is -0.285. The van der Waals surface area contributed by atoms with E-state index in [1.54, 1.807) is 6.07 Å². The average molecular weight is 277 g/mol. The van der Waals surface area contributed by atoms with Crippen LogP contribution in [0.4, 0.5) is 11.4 Å². The molecule has 0 bridgehead atoms. The summed E-state index contributed by atoms with van der Waals surface area (Å²) in [5.74, 6) is 0. The van der Waals surface area contributed by atoms with Crippen LogP contribution in [-0.4, -0.2) is 41.9 Å². The zero-order valence-electron chi connectivity index (χ0n) is 11.0. The van der Waals surface area contributed by atoms with Crippen LogP contribution in [0.3, 0.4) is 0 Å². The minimum Gasteiger partial charge on any atom is -0.394 e. The Morgan fingerprint density at radius 3 is 3.00 bits per heavy atom. The minimum atomic E-state index is -0.568. The number of nitriles is 1. The summed E-state index contributed by atoms with van der Waals surface area (Å²) in [5, 5.41) is 29.0. The van der Waals surface area contributed by atoms with Gasteiger partial charge in [0.25, 0.3) is 5.69 Å². The lowest BCUT2D eigenvalue weighted by molar-refractivity contribution is -0.385. The van der Waals surface area contributed by atoms with Crippen LogP contribution in [0, 0.1) is 21.4 Å². The number of anilines is 1. The fraction of sp³-hybridized carbons (Fsp3) is 0.462. The molecule has 0 saturated carbocycles. The molecule has 0 aromatic heterocycles. The first kappa shape index (κ1) is 14.2. The summed E-state index contributed by atoms with van der Waals surface area (Å²) < 4.78 is 5.44. The van der Waals surface area contributed by atoms with Crippen LogP contribution in [0.5, 0.6) is 0 Å². The van der Waals surface area contributed by atoms with Gasteiger partial charge in [-0.1, -0.05) is 0 Å². The van der Waals surface area contributed by atoms with Gasteiger partial charge in [0.05, 0.1) is 24.2 Å². The molecule has 1 aliphatic heterocycles. The third kappa shape index (κ3) is 2.71. The van der Waals surface area contributed by atoms with Gasteiger partial charge in [-0.2, -0.15) is 5.26 Å². The largest absolute Gasteiger partial charge is 0.394 e. The van der Waals surface area contributed by atoms with Gasteiger partial charge in [-0.25, -0.2) is 0 Å². The van der Waals surface area contributed by atoms with Gasteiger partial charge in [0.2, 0.25) is 0 Å². The molecule has 7 nitrogen and oxygen atoms in total. The summed E-state index contributed by atoms with van der Waals surface area (Å²) in [6.45, 7) is 2.83. The van der Waals surface area contributed by atoms with E-state index in [0.717, 1.165) is 5.69 Å². The van der Waals surface area contributed by atoms with Crippen molar-refractivity contribution in [2.45, 2.75) is 19.1 Å². The van der Waals surface area contributed by atoms with Crippen molar-refractivity contribution in [1.29, 1.82) is 5.26 Å². The average Bonchev–Trinajstić information content (AvgIpc) is 2.47. The molecular weight excluding hydrogens is 262 g/mol. The second kappa shape index (κ2) is 5.86. The van der Waals surface area contributed by atoms with Gasteiger partial charge < -0.3 is 14.7 Å². The summed E-state index contributed by atoms with van der Waals surface area (Å²) >= 11 is 0. The Balaban J connectivity index is 2.32. The molecule has 7 heteroatoms. The van der Waals surface area contributed by atoms with Crippen LogP contribution in [0.2, 0.25) is 0 Å². The summed E-state index contributed by atoms with van der Waals surface area (Å²) in [4.78, 5) is 12.2. The number of aliphatic hydroxyl groups is 1. The maximum absolute atomic E-state index is 10.8. The Morgan fingerprint density at radius 1 is 1.65 bits per heavy atom. The number of nitrogens with zero attached hydrogens (tertiary/aromatic N) is 3. The van der Waals surface area contributed by atoms with Crippen molar-refractivity contribution in [1.82, 2.24) is 0 Å². The molecule has 0 radical (unpaired) electrons. The molecule has 20 heavy (non-hydrogen) atoms. The first-order valence-electron chi connectivity index (χ1n) is 6.24. The molecule has 2 unspecified atom stereocenters. The summed E-state index contributed by atoms with van der Waals surface area (Å²) in [5.41, 5.74) is 0.559. The lowest BCUT2D eigenvalue weighted by Crippen LogP contribution is -2.49. The lowest BCUT2D eigenvalue weighted by atomic mass is 10.1. The van der Waals surface area contributed by atoms with Crippen LogP contribution >= 0.6 is 0 Å². The quantitative estimate of drug-likeness (QED) is 0.655. The Labute approximate surface area is 116 Å². The molecule has 1 saturated heterocycles. The van der Waals surface area contributed by atoms with E-state index in [-0.39, 0.29) is 30.0 Å². The SMILES string of the molecule is CC1COC(CO)CN1c1ccc([N+](=O)[O-])c(C#N)c1. The van der Waals surface area contributed by atoms with E-state index in [1.165, 1.54) is 12.1 Å². The third-order valence-electron chi connectivity index (χ3n) is 3.34. The molecule has 1 aromatic carbocycles. The molecule has 1 fully saturated rings. The molecule has 0 aliphatic carbocycles. The predicted octanol–water partition coefficient (Wildman–Crippen LogP) is 1.05. The number of ether oxygens (including phenoxy) is 1. The highest BCUT2D eigenvalue weighted by molar-refractivity contribution is 5.60. The first-order chi connectivity index (χ1) is 9.56. The van der Waals surface area contributed by atoms with Crippen LogP contribution in [0.25, 0.3) is 0 Å². The number of aliphatic hydroxyl groups excluding tert-OH is 1. The Kier molecular flexibility index (Phi) is 4.17. The molecular formula is C13H15N3O4. The summed E-state index contributed by atoms with van der Waals surface area (Å²) in [7, 11) is 0. The number of hydrogen-bond acceptors (Lipinski definition) is 6. The Morgan fingerprint density at radius 2 is 2.40 bits per heavy atom. The molecule has 1 N–H and O–H groups in total. The summed E-state index contributed by atoms with van der Waals surface area (Å²) in [6, 6.07) is 6.39. The minimum absolute atomic E-state index is 0.0340. The van der Waals surface area contributed by atoms with E-state index in [2.05, 4.69) is 0 Å². The van der Waals surface area contributed by atoms with Gasteiger partial charge in [-0.05, 0) is 19.1 Å². The molecule has 0 amide bonds. The molecule has 1 aliphatic rings. The van der Waals surface area contributed by atoms with Crippen molar-refractivity contribution in [2.24, 2.45) is 0 Å². The van der Waals surface area contributed by atoms with Crippen molar-refractivity contribution < 1.29 is 14.8 Å². The van der Waals surface area contributed by atoms with Crippen molar-refractivity contribution in [3.63, 3.8) is 0 Å². The van der Waals surface area contributed by atoms with Gasteiger partial charge in [0, 0.05) is 24.3 Å². The highest BCUT2D eigenvalue weighted by Gasteiger charge is 2.27. The number of benzene rings is 1. The Hall–Kier alpha value is -2.17. The van der Waals surface area contributed by atoms with Crippen molar-refractivity contribution in [3.05, 3.63) is 33.9 Å².